The summed E-state index contributed by atoms with van der Waals surface area (Å²) in [6, 6.07) is 1.74. The van der Waals surface area contributed by atoms with Crippen molar-refractivity contribution >= 4 is 11.8 Å². The van der Waals surface area contributed by atoms with Gasteiger partial charge < -0.3 is 14.2 Å². The van der Waals surface area contributed by atoms with Gasteiger partial charge in [-0.25, -0.2) is 0 Å². The van der Waals surface area contributed by atoms with Crippen molar-refractivity contribution < 1.29 is 14.0 Å². The smallest absolute Gasteiger partial charge is 0.232 e. The molecule has 1 aliphatic carbocycles. The summed E-state index contributed by atoms with van der Waals surface area (Å²) in [6.07, 6.45) is 16.8. The highest BCUT2D eigenvalue weighted by molar-refractivity contribution is 5.90. The summed E-state index contributed by atoms with van der Waals surface area (Å²) < 4.78 is 6.49. The topological polar surface area (TPSA) is 53.8 Å². The lowest BCUT2D eigenvalue weighted by Gasteiger charge is -2.44. The number of furan rings is 1. The first-order valence-electron chi connectivity index (χ1n) is 12.7. The van der Waals surface area contributed by atoms with Crippen molar-refractivity contribution in [1.82, 2.24) is 9.80 Å². The molecule has 0 N–H and O–H groups in total. The third-order valence-electron chi connectivity index (χ3n) is 8.26. The average molecular weight is 449 g/mol. The van der Waals surface area contributed by atoms with Crippen LogP contribution in [0.1, 0.15) is 86.8 Å². The molecule has 0 radical (unpaired) electrons. The van der Waals surface area contributed by atoms with Crippen molar-refractivity contribution in [3.8, 4) is 0 Å². The fraction of sp³-hybridized carbons (Fsp3) is 0.571. The number of nitrogens with zero attached hydrogens (tertiary/aromatic N) is 2. The third kappa shape index (κ3) is 3.51. The number of piperidine rings is 1. The second-order valence-electron chi connectivity index (χ2n) is 10.1. The predicted molar refractivity (Wildman–Crippen MR) is 129 cm³/mol. The van der Waals surface area contributed by atoms with Gasteiger partial charge in [0.25, 0.3) is 0 Å². The summed E-state index contributed by atoms with van der Waals surface area (Å²) in [7, 11) is 0. The fourth-order valence-corrected chi connectivity index (χ4v) is 6.79. The summed E-state index contributed by atoms with van der Waals surface area (Å²) in [6.45, 7) is 9.44. The first-order valence-corrected chi connectivity index (χ1v) is 12.7. The van der Waals surface area contributed by atoms with Crippen LogP contribution in [0.3, 0.4) is 0 Å². The molecule has 5 heterocycles. The number of rotatable bonds is 5. The lowest BCUT2D eigenvalue weighted by atomic mass is 9.67. The summed E-state index contributed by atoms with van der Waals surface area (Å²) in [4.78, 5) is 31.7. The molecule has 5 aliphatic rings. The Morgan fingerprint density at radius 3 is 2.88 bits per heavy atom. The Hall–Kier alpha value is -2.56. The lowest BCUT2D eigenvalue weighted by Crippen LogP contribution is -2.53. The summed E-state index contributed by atoms with van der Waals surface area (Å²) in [5.74, 6) is 2.27. The predicted octanol–water partition coefficient (Wildman–Crippen LogP) is 5.45. The first-order chi connectivity index (χ1) is 16.1. The number of fused-ring (bicyclic) bond motifs is 7. The van der Waals surface area contributed by atoms with Crippen molar-refractivity contribution in [1.29, 1.82) is 0 Å². The van der Waals surface area contributed by atoms with Crippen LogP contribution in [-0.4, -0.2) is 40.7 Å². The third-order valence-corrected chi connectivity index (χ3v) is 8.26. The van der Waals surface area contributed by atoms with E-state index in [0.717, 1.165) is 76.0 Å². The molecule has 5 heteroatoms. The van der Waals surface area contributed by atoms with E-state index in [1.165, 1.54) is 5.56 Å². The van der Waals surface area contributed by atoms with Gasteiger partial charge in [-0.3, -0.25) is 9.59 Å². The molecule has 4 unspecified atom stereocenters. The molecular weight excluding hydrogens is 412 g/mol. The maximum atomic E-state index is 14.2. The Morgan fingerprint density at radius 2 is 2.06 bits per heavy atom. The van der Waals surface area contributed by atoms with Crippen LogP contribution in [0, 0.1) is 5.41 Å². The number of likely N-dealkylation sites (tertiary alicyclic amines) is 1. The molecule has 5 nitrogen and oxygen atoms in total. The second kappa shape index (κ2) is 9.00. The Bertz CT molecular complexity index is 976. The molecular formula is C28H36N2O3. The molecule has 2 amide bonds. The van der Waals surface area contributed by atoms with E-state index < -0.39 is 5.41 Å². The number of hydrogen-bond donors (Lipinski definition) is 0. The normalized spacial score (nSPS) is 30.9. The van der Waals surface area contributed by atoms with Gasteiger partial charge in [-0.2, -0.15) is 0 Å². The minimum atomic E-state index is -0.615. The minimum Gasteiger partial charge on any atom is -0.464 e. The number of carbonyl (C=O) groups excluding carboxylic acids is 2. The number of amides is 2. The zero-order valence-corrected chi connectivity index (χ0v) is 19.6. The van der Waals surface area contributed by atoms with E-state index in [2.05, 4.69) is 36.3 Å². The zero-order chi connectivity index (χ0) is 23.0. The van der Waals surface area contributed by atoms with Gasteiger partial charge >= 0.3 is 0 Å². The Labute approximate surface area is 197 Å². The van der Waals surface area contributed by atoms with Crippen LogP contribution in [-0.2, 0) is 16.0 Å². The lowest BCUT2D eigenvalue weighted by molar-refractivity contribution is -0.151. The molecule has 176 valence electrons. The molecule has 2 fully saturated rings. The highest BCUT2D eigenvalue weighted by atomic mass is 16.3. The van der Waals surface area contributed by atoms with Crippen molar-refractivity contribution in [3.63, 3.8) is 0 Å². The molecule has 6 rings (SSSR count). The van der Waals surface area contributed by atoms with E-state index in [0.29, 0.717) is 12.8 Å². The van der Waals surface area contributed by atoms with E-state index in [4.69, 9.17) is 4.42 Å². The highest BCUT2D eigenvalue weighted by Crippen LogP contribution is 2.67. The summed E-state index contributed by atoms with van der Waals surface area (Å²) in [5.41, 5.74) is 0.560. The standard InChI is InChI=1S/C28H36N2O3/c1-3-5-10-14-24(31)30-20(4-2)19-28-23-15-17-29(27(28)32)16-12-9-7-6-8-11-13-21-18-22(23)25(33-21)26(28)30/h3-4,6,8,18,20,23,26H,1-2,5,7,9-17,19H2. The van der Waals surface area contributed by atoms with Crippen LogP contribution in [0.25, 0.3) is 0 Å². The summed E-state index contributed by atoms with van der Waals surface area (Å²) in [5, 5.41) is 0. The molecule has 1 aromatic heterocycles. The maximum absolute atomic E-state index is 14.2. The molecule has 0 saturated carbocycles. The Balaban J connectivity index is 1.59. The van der Waals surface area contributed by atoms with E-state index in [1.807, 2.05) is 17.1 Å². The number of hydrogen-bond acceptors (Lipinski definition) is 3. The van der Waals surface area contributed by atoms with Crippen LogP contribution in [0.5, 0.6) is 0 Å². The molecule has 4 aliphatic heterocycles. The van der Waals surface area contributed by atoms with Crippen LogP contribution in [0.2, 0.25) is 0 Å². The Kier molecular flexibility index (Phi) is 6.07. The number of carbonyl (C=O) groups is 2. The van der Waals surface area contributed by atoms with Gasteiger partial charge in [0, 0.05) is 37.4 Å². The van der Waals surface area contributed by atoms with E-state index in [9.17, 15) is 9.59 Å². The molecule has 1 aromatic rings. The second-order valence-corrected chi connectivity index (χ2v) is 10.1. The monoisotopic (exact) mass is 448 g/mol. The number of aryl methyl sites for hydroxylation is 1. The Morgan fingerprint density at radius 1 is 1.21 bits per heavy atom. The highest BCUT2D eigenvalue weighted by Gasteiger charge is 2.69. The van der Waals surface area contributed by atoms with Gasteiger partial charge in [0.15, 0.2) is 0 Å². The van der Waals surface area contributed by atoms with Crippen LogP contribution < -0.4 is 0 Å². The molecule has 33 heavy (non-hydrogen) atoms. The zero-order valence-electron chi connectivity index (χ0n) is 19.6. The maximum Gasteiger partial charge on any atom is 0.232 e. The van der Waals surface area contributed by atoms with E-state index >= 15 is 0 Å². The van der Waals surface area contributed by atoms with E-state index in [-0.39, 0.29) is 29.8 Å². The summed E-state index contributed by atoms with van der Waals surface area (Å²) >= 11 is 0. The molecule has 0 aromatic carbocycles. The van der Waals surface area contributed by atoms with Crippen LogP contribution in [0.4, 0.5) is 0 Å². The van der Waals surface area contributed by atoms with Crippen LogP contribution >= 0.6 is 0 Å². The first kappa shape index (κ1) is 22.2. The van der Waals surface area contributed by atoms with Gasteiger partial charge in [-0.05, 0) is 57.4 Å². The van der Waals surface area contributed by atoms with Crippen molar-refractivity contribution in [3.05, 3.63) is 60.6 Å². The van der Waals surface area contributed by atoms with Crippen molar-refractivity contribution in [2.45, 2.75) is 82.2 Å². The molecule has 4 atom stereocenters. The number of unbranched alkanes of at least 4 members (excludes halogenated alkanes) is 1. The molecule has 2 saturated heterocycles. The van der Waals surface area contributed by atoms with Crippen LogP contribution in [0.15, 0.2) is 47.9 Å². The van der Waals surface area contributed by atoms with Gasteiger partial charge in [0.2, 0.25) is 11.8 Å². The number of allylic oxidation sites excluding steroid dienone is 3. The molecule has 6 bridgehead atoms. The van der Waals surface area contributed by atoms with E-state index in [1.54, 1.807) is 0 Å². The van der Waals surface area contributed by atoms with Gasteiger partial charge in [0.05, 0.1) is 11.5 Å². The fourth-order valence-electron chi connectivity index (χ4n) is 6.79. The molecule has 1 spiro atoms. The van der Waals surface area contributed by atoms with Crippen molar-refractivity contribution in [2.75, 3.05) is 13.1 Å². The quantitative estimate of drug-likeness (QED) is 0.444. The van der Waals surface area contributed by atoms with Crippen molar-refractivity contribution in [2.24, 2.45) is 5.41 Å². The SMILES string of the molecule is C=CCCCC(=O)N1C(C=C)CC23C(=O)N4CCCCC=CCCc5cc(c(o5)C12)C3CC4. The van der Waals surface area contributed by atoms with Gasteiger partial charge in [-0.15, -0.1) is 13.2 Å². The van der Waals surface area contributed by atoms with Gasteiger partial charge in [0.1, 0.15) is 17.6 Å². The average Bonchev–Trinajstić information content (AvgIpc) is 3.43. The largest absolute Gasteiger partial charge is 0.464 e. The minimum absolute atomic E-state index is 0.0962. The van der Waals surface area contributed by atoms with Gasteiger partial charge in [-0.1, -0.05) is 24.3 Å².